The van der Waals surface area contributed by atoms with Gasteiger partial charge in [-0.2, -0.15) is 0 Å². The van der Waals surface area contributed by atoms with E-state index in [9.17, 15) is 13.2 Å². The molecular formula is C27H30N2O3S. The average molecular weight is 463 g/mol. The normalized spacial score (nSPS) is 13.9. The smallest absolute Gasteiger partial charge is 0.251 e. The first-order valence-corrected chi connectivity index (χ1v) is 13.1. The van der Waals surface area contributed by atoms with E-state index in [1.165, 1.54) is 28.1 Å². The van der Waals surface area contributed by atoms with Gasteiger partial charge in [0.25, 0.3) is 5.91 Å². The number of anilines is 1. The summed E-state index contributed by atoms with van der Waals surface area (Å²) in [5.41, 5.74) is 6.89. The monoisotopic (exact) mass is 462 g/mol. The van der Waals surface area contributed by atoms with Gasteiger partial charge in [-0.1, -0.05) is 42.5 Å². The molecule has 0 aromatic heterocycles. The van der Waals surface area contributed by atoms with Crippen molar-refractivity contribution in [1.29, 1.82) is 0 Å². The van der Waals surface area contributed by atoms with E-state index in [-0.39, 0.29) is 18.5 Å². The lowest BCUT2D eigenvalue weighted by Gasteiger charge is -2.23. The molecule has 0 aliphatic heterocycles. The van der Waals surface area contributed by atoms with Crippen LogP contribution in [-0.2, 0) is 29.4 Å². The van der Waals surface area contributed by atoms with Gasteiger partial charge in [0.15, 0.2) is 0 Å². The third kappa shape index (κ3) is 5.28. The first-order valence-electron chi connectivity index (χ1n) is 11.3. The van der Waals surface area contributed by atoms with Gasteiger partial charge in [-0.3, -0.25) is 9.10 Å². The van der Waals surface area contributed by atoms with Crippen LogP contribution in [0.1, 0.15) is 57.6 Å². The molecule has 1 atom stereocenters. The molecule has 0 saturated heterocycles. The molecule has 6 heteroatoms. The number of nitrogens with one attached hydrogen (secondary N) is 1. The first-order chi connectivity index (χ1) is 15.7. The molecule has 0 unspecified atom stereocenters. The van der Waals surface area contributed by atoms with Crippen molar-refractivity contribution in [2.24, 2.45) is 0 Å². The number of hydrogen-bond donors (Lipinski definition) is 1. The number of aryl methyl sites for hydroxylation is 3. The molecule has 0 bridgehead atoms. The van der Waals surface area contributed by atoms with Crippen molar-refractivity contribution in [2.45, 2.75) is 45.7 Å². The van der Waals surface area contributed by atoms with Crippen LogP contribution in [0.3, 0.4) is 0 Å². The number of nitrogens with zero attached hydrogens (tertiary/aromatic N) is 1. The lowest BCUT2D eigenvalue weighted by molar-refractivity contribution is 0.0940. The Labute approximate surface area is 196 Å². The second-order valence-electron chi connectivity index (χ2n) is 8.82. The lowest BCUT2D eigenvalue weighted by Crippen LogP contribution is -2.30. The highest BCUT2D eigenvalue weighted by atomic mass is 32.2. The van der Waals surface area contributed by atoms with E-state index in [0.29, 0.717) is 11.3 Å². The summed E-state index contributed by atoms with van der Waals surface area (Å²) in [6.45, 7) is 4.19. The summed E-state index contributed by atoms with van der Waals surface area (Å²) < 4.78 is 26.4. The van der Waals surface area contributed by atoms with E-state index in [2.05, 4.69) is 23.5 Å². The summed E-state index contributed by atoms with van der Waals surface area (Å²) in [4.78, 5) is 12.8. The summed E-state index contributed by atoms with van der Waals surface area (Å²) in [7, 11) is -3.49. The van der Waals surface area contributed by atoms with Crippen molar-refractivity contribution in [2.75, 3.05) is 10.6 Å². The Balaban J connectivity index is 1.49. The zero-order valence-corrected chi connectivity index (χ0v) is 20.2. The van der Waals surface area contributed by atoms with Crippen LogP contribution in [0.25, 0.3) is 0 Å². The maximum atomic E-state index is 12.8. The Morgan fingerprint density at radius 2 is 1.70 bits per heavy atom. The molecule has 0 spiro atoms. The molecule has 4 rings (SSSR count). The van der Waals surface area contributed by atoms with Crippen molar-refractivity contribution < 1.29 is 13.2 Å². The summed E-state index contributed by atoms with van der Waals surface area (Å²) >= 11 is 0. The molecule has 1 N–H and O–H groups in total. The molecular weight excluding hydrogens is 432 g/mol. The molecule has 0 heterocycles. The van der Waals surface area contributed by atoms with Gasteiger partial charge in [-0.05, 0) is 85.2 Å². The summed E-state index contributed by atoms with van der Waals surface area (Å²) in [5.74, 6) is -0.181. The standard InChI is InChI=1S/C27H30N2O3S/c1-19-7-4-5-8-25(19)18-29(33(3,31)32)26-15-13-22(14-16-26)27(30)28-20(2)23-12-11-21-9-6-10-24(21)17-23/h4-5,7-8,11-17,20H,6,9-10,18H2,1-3H3,(H,28,30)/t20-/m1/s1. The maximum Gasteiger partial charge on any atom is 0.251 e. The topological polar surface area (TPSA) is 66.5 Å². The molecule has 33 heavy (non-hydrogen) atoms. The number of sulfonamides is 1. The number of carbonyl (C=O) groups excluding carboxylic acids is 1. The average Bonchev–Trinajstić information content (AvgIpc) is 3.26. The van der Waals surface area contributed by atoms with Crippen LogP contribution in [0.4, 0.5) is 5.69 Å². The Kier molecular flexibility index (Phi) is 6.56. The minimum absolute atomic E-state index is 0.114. The van der Waals surface area contributed by atoms with Gasteiger partial charge in [0.05, 0.1) is 24.5 Å². The SMILES string of the molecule is Cc1ccccc1CN(c1ccc(C(=O)N[C@H](C)c2ccc3c(c2)CCC3)cc1)S(C)(=O)=O. The van der Waals surface area contributed by atoms with Gasteiger partial charge in [-0.15, -0.1) is 0 Å². The van der Waals surface area contributed by atoms with Crippen LogP contribution < -0.4 is 9.62 Å². The molecule has 1 amide bonds. The zero-order chi connectivity index (χ0) is 23.6. The number of rotatable bonds is 7. The van der Waals surface area contributed by atoms with Crippen molar-refractivity contribution in [3.63, 3.8) is 0 Å². The molecule has 0 fully saturated rings. The molecule has 1 aliphatic carbocycles. The van der Waals surface area contributed by atoms with Crippen molar-refractivity contribution >= 4 is 21.6 Å². The van der Waals surface area contributed by atoms with Gasteiger partial charge in [0.2, 0.25) is 10.0 Å². The minimum atomic E-state index is -3.49. The van der Waals surface area contributed by atoms with Gasteiger partial charge >= 0.3 is 0 Å². The number of carbonyl (C=O) groups is 1. The van der Waals surface area contributed by atoms with Crippen molar-refractivity contribution in [3.05, 3.63) is 100 Å². The fourth-order valence-corrected chi connectivity index (χ4v) is 5.22. The lowest BCUT2D eigenvalue weighted by atomic mass is 10.0. The fraction of sp³-hybridized carbons (Fsp3) is 0.296. The van der Waals surface area contributed by atoms with Crippen LogP contribution in [0.5, 0.6) is 0 Å². The predicted molar refractivity (Wildman–Crippen MR) is 133 cm³/mol. The summed E-state index contributed by atoms with van der Waals surface area (Å²) in [6, 6.07) is 20.8. The molecule has 1 aliphatic rings. The number of amides is 1. The Bertz CT molecular complexity index is 1270. The van der Waals surface area contributed by atoms with E-state index in [1.807, 2.05) is 38.1 Å². The van der Waals surface area contributed by atoms with Crippen LogP contribution >= 0.6 is 0 Å². The molecule has 172 valence electrons. The number of fused-ring (bicyclic) bond motifs is 1. The minimum Gasteiger partial charge on any atom is -0.346 e. The molecule has 0 saturated carbocycles. The van der Waals surface area contributed by atoms with Gasteiger partial charge in [0, 0.05) is 5.56 Å². The fourth-order valence-electron chi connectivity index (χ4n) is 4.35. The van der Waals surface area contributed by atoms with E-state index in [4.69, 9.17) is 0 Å². The zero-order valence-electron chi connectivity index (χ0n) is 19.3. The molecule has 3 aromatic carbocycles. The molecule has 3 aromatic rings. The summed E-state index contributed by atoms with van der Waals surface area (Å²) in [6.07, 6.45) is 4.63. The predicted octanol–water partition coefficient (Wildman–Crippen LogP) is 4.94. The van der Waals surface area contributed by atoms with E-state index >= 15 is 0 Å². The highest BCUT2D eigenvalue weighted by molar-refractivity contribution is 7.92. The second kappa shape index (κ2) is 9.40. The van der Waals surface area contributed by atoms with Crippen LogP contribution in [0.15, 0.2) is 66.7 Å². The second-order valence-corrected chi connectivity index (χ2v) is 10.7. The van der Waals surface area contributed by atoms with Gasteiger partial charge in [-0.25, -0.2) is 8.42 Å². The maximum absolute atomic E-state index is 12.8. The highest BCUT2D eigenvalue weighted by Crippen LogP contribution is 2.26. The summed E-state index contributed by atoms with van der Waals surface area (Å²) in [5, 5.41) is 3.06. The van der Waals surface area contributed by atoms with Crippen LogP contribution in [0.2, 0.25) is 0 Å². The first kappa shape index (κ1) is 23.1. The van der Waals surface area contributed by atoms with E-state index in [1.54, 1.807) is 24.3 Å². The molecule has 5 nitrogen and oxygen atoms in total. The highest BCUT2D eigenvalue weighted by Gasteiger charge is 2.20. The van der Waals surface area contributed by atoms with Gasteiger partial charge in [0.1, 0.15) is 0 Å². The number of hydrogen-bond acceptors (Lipinski definition) is 3. The van der Waals surface area contributed by atoms with Gasteiger partial charge < -0.3 is 5.32 Å². The Morgan fingerprint density at radius 3 is 2.39 bits per heavy atom. The van der Waals surface area contributed by atoms with Crippen LogP contribution in [0, 0.1) is 6.92 Å². The van der Waals surface area contributed by atoms with Crippen molar-refractivity contribution in [1.82, 2.24) is 5.32 Å². The third-order valence-electron chi connectivity index (χ3n) is 6.36. The third-order valence-corrected chi connectivity index (χ3v) is 7.50. The largest absolute Gasteiger partial charge is 0.346 e. The number of benzene rings is 3. The Hall–Kier alpha value is -3.12. The Morgan fingerprint density at radius 1 is 1.00 bits per heavy atom. The quantitative estimate of drug-likeness (QED) is 0.541. The van der Waals surface area contributed by atoms with E-state index in [0.717, 1.165) is 29.5 Å². The van der Waals surface area contributed by atoms with Crippen LogP contribution in [-0.4, -0.2) is 20.6 Å². The molecule has 0 radical (unpaired) electrons. The van der Waals surface area contributed by atoms with E-state index < -0.39 is 10.0 Å². The van der Waals surface area contributed by atoms with Crippen molar-refractivity contribution in [3.8, 4) is 0 Å².